The number of likely N-dealkylation sites (tertiary alicyclic amines) is 1. The maximum absolute atomic E-state index is 13.5. The first-order valence-electron chi connectivity index (χ1n) is 14.5. The average molecular weight is 616 g/mol. The summed E-state index contributed by atoms with van der Waals surface area (Å²) in [4.78, 5) is 30.4. The summed E-state index contributed by atoms with van der Waals surface area (Å²) < 4.78 is 27.9. The molecule has 13 heteroatoms. The summed E-state index contributed by atoms with van der Waals surface area (Å²) in [6, 6.07) is 5.22. The Morgan fingerprint density at radius 2 is 2.02 bits per heavy atom. The Morgan fingerprint density at radius 3 is 2.64 bits per heavy atom. The van der Waals surface area contributed by atoms with E-state index in [0.29, 0.717) is 23.9 Å². The van der Waals surface area contributed by atoms with E-state index in [9.17, 15) is 18.3 Å². The molecule has 2 aliphatic rings. The van der Waals surface area contributed by atoms with Gasteiger partial charge in [-0.25, -0.2) is 15.0 Å². The molecule has 228 valence electrons. The molecule has 0 aromatic carbocycles. The number of fused-ring (bicyclic) bond motifs is 2. The summed E-state index contributed by atoms with van der Waals surface area (Å²) in [7, 11) is -0.812. The molecular formula is C29H41N7O4S2. The minimum Gasteiger partial charge on any atom is -0.395 e. The second kappa shape index (κ2) is 12.1. The van der Waals surface area contributed by atoms with Crippen LogP contribution >= 0.6 is 11.3 Å². The van der Waals surface area contributed by atoms with Crippen LogP contribution in [-0.4, -0.2) is 83.4 Å². The van der Waals surface area contributed by atoms with Crippen LogP contribution in [0.15, 0.2) is 24.4 Å². The van der Waals surface area contributed by atoms with Crippen LogP contribution in [0.25, 0.3) is 10.3 Å². The van der Waals surface area contributed by atoms with Crippen LogP contribution in [-0.2, 0) is 23.1 Å². The molecule has 3 aromatic rings. The fourth-order valence-corrected chi connectivity index (χ4v) is 6.99. The standard InChI is InChI=1S/C29H41N7O4S2/c1-29(2,3)20-7-8-22-19(14-20)15-24-27(32-22)41-28(33-24)26(38)31-23(11-13-36-12-10-21(36)17-37)18-6-9-25(30-16-18)34-42(39,40)35(4)5/h6,9,15-16,20-21,23,37H,7-8,10-14,17H2,1-5H3,(H,30,34)(H,31,38)/t20-,21-,23+/m0/s1. The third-order valence-corrected chi connectivity index (χ3v) is 10.9. The number of hydrogen-bond donors (Lipinski definition) is 3. The van der Waals surface area contributed by atoms with E-state index in [1.165, 1.54) is 31.0 Å². The van der Waals surface area contributed by atoms with Crippen molar-refractivity contribution in [2.75, 3.05) is 38.5 Å². The second-order valence-corrected chi connectivity index (χ2v) is 15.4. The molecule has 1 amide bonds. The van der Waals surface area contributed by atoms with Crippen molar-refractivity contribution in [1.82, 2.24) is 29.5 Å². The molecule has 11 nitrogen and oxygen atoms in total. The highest BCUT2D eigenvalue weighted by Gasteiger charge is 2.31. The van der Waals surface area contributed by atoms with E-state index in [4.69, 9.17) is 4.98 Å². The van der Waals surface area contributed by atoms with Crippen molar-refractivity contribution >= 4 is 43.6 Å². The fourth-order valence-electron chi connectivity index (χ4n) is 5.58. The number of thiazole rings is 1. The number of pyridine rings is 2. The van der Waals surface area contributed by atoms with Gasteiger partial charge in [0.1, 0.15) is 16.2 Å². The van der Waals surface area contributed by atoms with Gasteiger partial charge in [-0.2, -0.15) is 12.7 Å². The maximum Gasteiger partial charge on any atom is 0.302 e. The Bertz CT molecular complexity index is 1530. The first-order chi connectivity index (χ1) is 19.8. The van der Waals surface area contributed by atoms with Gasteiger partial charge in [0, 0.05) is 45.1 Å². The lowest BCUT2D eigenvalue weighted by Gasteiger charge is -2.40. The molecule has 42 heavy (non-hydrogen) atoms. The van der Waals surface area contributed by atoms with Gasteiger partial charge in [-0.05, 0) is 66.7 Å². The van der Waals surface area contributed by atoms with Gasteiger partial charge in [-0.15, -0.1) is 0 Å². The minimum absolute atomic E-state index is 0.110. The zero-order chi connectivity index (χ0) is 30.2. The molecule has 1 aliphatic carbocycles. The average Bonchev–Trinajstić information content (AvgIpc) is 3.33. The van der Waals surface area contributed by atoms with Crippen molar-refractivity contribution in [2.45, 2.75) is 65.0 Å². The monoisotopic (exact) mass is 615 g/mol. The molecule has 0 spiro atoms. The van der Waals surface area contributed by atoms with Gasteiger partial charge in [0.05, 0.1) is 12.6 Å². The predicted molar refractivity (Wildman–Crippen MR) is 165 cm³/mol. The van der Waals surface area contributed by atoms with Gasteiger partial charge in [0.25, 0.3) is 5.91 Å². The largest absolute Gasteiger partial charge is 0.395 e. The molecule has 0 radical (unpaired) electrons. The summed E-state index contributed by atoms with van der Waals surface area (Å²) in [6.07, 6.45) is 6.15. The number of amides is 1. The Kier molecular flexibility index (Phi) is 8.87. The summed E-state index contributed by atoms with van der Waals surface area (Å²) >= 11 is 1.30. The summed E-state index contributed by atoms with van der Waals surface area (Å²) in [5, 5.41) is 13.1. The van der Waals surface area contributed by atoms with Crippen LogP contribution in [0.5, 0.6) is 0 Å². The van der Waals surface area contributed by atoms with Gasteiger partial charge < -0.3 is 10.4 Å². The lowest BCUT2D eigenvalue weighted by atomic mass is 9.71. The Morgan fingerprint density at radius 1 is 1.24 bits per heavy atom. The number of rotatable bonds is 10. The van der Waals surface area contributed by atoms with Crippen LogP contribution in [0.3, 0.4) is 0 Å². The molecule has 3 atom stereocenters. The molecule has 0 saturated carbocycles. The topological polar surface area (TPSA) is 141 Å². The highest BCUT2D eigenvalue weighted by Crippen LogP contribution is 2.38. The third kappa shape index (κ3) is 6.75. The first kappa shape index (κ1) is 30.7. The molecule has 3 aromatic heterocycles. The molecule has 1 aliphatic heterocycles. The van der Waals surface area contributed by atoms with E-state index in [2.05, 4.69) is 51.7 Å². The smallest absolute Gasteiger partial charge is 0.302 e. The summed E-state index contributed by atoms with van der Waals surface area (Å²) in [5.74, 6) is 0.491. The van der Waals surface area contributed by atoms with Crippen LogP contribution in [0.1, 0.15) is 72.7 Å². The van der Waals surface area contributed by atoms with Crippen molar-refractivity contribution < 1.29 is 18.3 Å². The number of carbonyl (C=O) groups excluding carboxylic acids is 1. The van der Waals surface area contributed by atoms with Crippen molar-refractivity contribution in [2.24, 2.45) is 11.3 Å². The molecule has 0 bridgehead atoms. The molecule has 5 rings (SSSR count). The minimum atomic E-state index is -3.69. The van der Waals surface area contributed by atoms with E-state index >= 15 is 0 Å². The zero-order valence-electron chi connectivity index (χ0n) is 24.9. The predicted octanol–water partition coefficient (Wildman–Crippen LogP) is 3.38. The number of nitrogens with one attached hydrogen (secondary N) is 2. The number of aliphatic hydroxyl groups excluding tert-OH is 1. The van der Waals surface area contributed by atoms with Crippen molar-refractivity contribution in [3.63, 3.8) is 0 Å². The van der Waals surface area contributed by atoms with Crippen molar-refractivity contribution in [3.8, 4) is 0 Å². The highest BCUT2D eigenvalue weighted by molar-refractivity contribution is 7.90. The first-order valence-corrected chi connectivity index (χ1v) is 16.7. The van der Waals surface area contributed by atoms with Gasteiger partial charge in [0.2, 0.25) is 0 Å². The van der Waals surface area contributed by atoms with Crippen LogP contribution in [0, 0.1) is 11.3 Å². The fraction of sp³-hybridized carbons (Fsp3) is 0.586. The van der Waals surface area contributed by atoms with Gasteiger partial charge in [-0.1, -0.05) is 38.2 Å². The molecule has 3 N–H and O–H groups in total. The van der Waals surface area contributed by atoms with Gasteiger partial charge in [0.15, 0.2) is 5.01 Å². The lowest BCUT2D eigenvalue weighted by Crippen LogP contribution is -2.50. The maximum atomic E-state index is 13.5. The van der Waals surface area contributed by atoms with E-state index in [0.717, 1.165) is 58.1 Å². The number of carbonyl (C=O) groups is 1. The Balaban J connectivity index is 1.35. The third-order valence-electron chi connectivity index (χ3n) is 8.56. The van der Waals surface area contributed by atoms with E-state index in [1.54, 1.807) is 18.3 Å². The SMILES string of the molecule is CN(C)S(=O)(=O)Nc1ccc([C@@H](CCN2CC[C@H]2CO)NC(=O)c2nc3cc4c(nc3s2)CC[C@H](C(C)(C)C)C4)cn1. The van der Waals surface area contributed by atoms with Crippen LogP contribution < -0.4 is 10.0 Å². The normalized spacial score (nSPS) is 20.3. The van der Waals surface area contributed by atoms with Crippen molar-refractivity contribution in [1.29, 1.82) is 0 Å². The quantitative estimate of drug-likeness (QED) is 0.315. The number of aliphatic hydroxyl groups is 1. The molecular weight excluding hydrogens is 574 g/mol. The van der Waals surface area contributed by atoms with Gasteiger partial charge >= 0.3 is 10.2 Å². The number of anilines is 1. The Labute approximate surface area is 251 Å². The van der Waals surface area contributed by atoms with Crippen LogP contribution in [0.2, 0.25) is 0 Å². The molecule has 0 unspecified atom stereocenters. The number of aromatic nitrogens is 3. The zero-order valence-corrected chi connectivity index (χ0v) is 26.6. The second-order valence-electron chi connectivity index (χ2n) is 12.6. The molecule has 1 saturated heterocycles. The number of hydrogen-bond acceptors (Lipinski definition) is 9. The number of nitrogens with zero attached hydrogens (tertiary/aromatic N) is 5. The Hall–Kier alpha value is -2.71. The molecule has 1 fully saturated rings. The van der Waals surface area contributed by atoms with E-state index < -0.39 is 10.2 Å². The van der Waals surface area contributed by atoms with Gasteiger partial charge in [-0.3, -0.25) is 14.4 Å². The van der Waals surface area contributed by atoms with Crippen LogP contribution in [0.4, 0.5) is 5.82 Å². The summed E-state index contributed by atoms with van der Waals surface area (Å²) in [5.41, 5.74) is 4.07. The number of aryl methyl sites for hydroxylation is 1. The lowest BCUT2D eigenvalue weighted by molar-refractivity contribution is 0.0390. The summed E-state index contributed by atoms with van der Waals surface area (Å²) in [6.45, 7) is 8.56. The van der Waals surface area contributed by atoms with Crippen molar-refractivity contribution in [3.05, 3.63) is 46.2 Å². The van der Waals surface area contributed by atoms with E-state index in [1.807, 2.05) is 0 Å². The van der Waals surface area contributed by atoms with E-state index in [-0.39, 0.29) is 35.8 Å². The molecule has 4 heterocycles. The highest BCUT2D eigenvalue weighted by atomic mass is 32.2.